The van der Waals surface area contributed by atoms with Gasteiger partial charge in [0.25, 0.3) is 5.91 Å². The van der Waals surface area contributed by atoms with Crippen molar-refractivity contribution in [2.45, 2.75) is 20.0 Å². The minimum absolute atomic E-state index is 0.0132. The summed E-state index contributed by atoms with van der Waals surface area (Å²) in [6, 6.07) is 18.5. The van der Waals surface area contributed by atoms with Gasteiger partial charge in [-0.2, -0.15) is 0 Å². The number of carbonyl (C=O) groups excluding carboxylic acids is 2. The molecule has 0 bridgehead atoms. The monoisotopic (exact) mass is 411 g/mol. The van der Waals surface area contributed by atoms with Gasteiger partial charge in [-0.1, -0.05) is 30.3 Å². The van der Waals surface area contributed by atoms with Crippen LogP contribution in [0.3, 0.4) is 0 Å². The molecule has 0 heterocycles. The van der Waals surface area contributed by atoms with Crippen LogP contribution in [0.5, 0.6) is 5.75 Å². The summed E-state index contributed by atoms with van der Waals surface area (Å²) in [6.07, 6.45) is -0.681. The van der Waals surface area contributed by atoms with Gasteiger partial charge >= 0.3 is 0 Å². The van der Waals surface area contributed by atoms with Gasteiger partial charge in [-0.15, -0.1) is 0 Å². The molecule has 3 rings (SSSR count). The van der Waals surface area contributed by atoms with E-state index >= 15 is 0 Å². The lowest BCUT2D eigenvalue weighted by atomic mass is 10.1. The fourth-order valence-corrected chi connectivity index (χ4v) is 3.17. The first-order valence-electron chi connectivity index (χ1n) is 8.21. The number of halogens is 1. The van der Waals surface area contributed by atoms with Gasteiger partial charge in [-0.05, 0) is 70.9 Å². The third-order valence-corrected chi connectivity index (χ3v) is 4.88. The average molecular weight is 412 g/mol. The molecule has 0 aliphatic heterocycles. The van der Waals surface area contributed by atoms with Crippen molar-refractivity contribution in [3.63, 3.8) is 0 Å². The van der Waals surface area contributed by atoms with Gasteiger partial charge < -0.3 is 10.1 Å². The van der Waals surface area contributed by atoms with Crippen molar-refractivity contribution in [3.8, 4) is 5.75 Å². The molecule has 0 unspecified atom stereocenters. The molecule has 0 aliphatic rings. The number of hydrogen-bond donors (Lipinski definition) is 1. The minimum atomic E-state index is -0.681. The molecule has 0 radical (unpaired) electrons. The number of amides is 1. The highest BCUT2D eigenvalue weighted by Gasteiger charge is 2.17. The minimum Gasteiger partial charge on any atom is -0.480 e. The van der Waals surface area contributed by atoms with Crippen LogP contribution in [0.1, 0.15) is 24.2 Å². The molecule has 1 N–H and O–H groups in total. The van der Waals surface area contributed by atoms with E-state index < -0.39 is 6.10 Å². The Balaban J connectivity index is 1.71. The molecule has 26 heavy (non-hydrogen) atoms. The molecule has 0 aromatic heterocycles. The average Bonchev–Trinajstić information content (AvgIpc) is 2.64. The lowest BCUT2D eigenvalue weighted by molar-refractivity contribution is -0.122. The Bertz CT molecular complexity index is 967. The van der Waals surface area contributed by atoms with E-state index in [1.54, 1.807) is 31.2 Å². The standard InChI is InChI=1S/C21H18BrNO3/c1-13(24)15-7-10-17(11-8-15)23-21(25)14(2)26-19-12-9-16-5-3-4-6-18(16)20(19)22/h3-12,14H,1-2H3,(H,23,25)/t14-/m1/s1. The molecular formula is C21H18BrNO3. The number of hydrogen-bond acceptors (Lipinski definition) is 3. The number of Topliss-reactive ketones (excluding diaryl/α,β-unsaturated/α-hetero) is 1. The topological polar surface area (TPSA) is 55.4 Å². The summed E-state index contributed by atoms with van der Waals surface area (Å²) in [5, 5.41) is 4.91. The fraction of sp³-hybridized carbons (Fsp3) is 0.143. The normalized spacial score (nSPS) is 11.8. The van der Waals surface area contributed by atoms with Crippen molar-refractivity contribution in [3.05, 3.63) is 70.7 Å². The Labute approximate surface area is 160 Å². The van der Waals surface area contributed by atoms with Crippen LogP contribution in [0, 0.1) is 0 Å². The molecule has 0 spiro atoms. The number of rotatable bonds is 5. The Kier molecular flexibility index (Phi) is 5.38. The van der Waals surface area contributed by atoms with Gasteiger partial charge in [-0.25, -0.2) is 0 Å². The van der Waals surface area contributed by atoms with Gasteiger partial charge in [-0.3, -0.25) is 9.59 Å². The second-order valence-corrected chi connectivity index (χ2v) is 6.77. The van der Waals surface area contributed by atoms with Crippen LogP contribution in [0.25, 0.3) is 10.8 Å². The van der Waals surface area contributed by atoms with Gasteiger partial charge in [0.05, 0.1) is 4.47 Å². The molecule has 1 amide bonds. The SMILES string of the molecule is CC(=O)c1ccc(NC(=O)[C@@H](C)Oc2ccc3ccccc3c2Br)cc1. The predicted molar refractivity (Wildman–Crippen MR) is 107 cm³/mol. The highest BCUT2D eigenvalue weighted by Crippen LogP contribution is 2.33. The Hall–Kier alpha value is -2.66. The maximum Gasteiger partial charge on any atom is 0.265 e. The van der Waals surface area contributed by atoms with Crippen molar-refractivity contribution in [2.75, 3.05) is 5.32 Å². The lowest BCUT2D eigenvalue weighted by Gasteiger charge is -2.17. The molecule has 3 aromatic carbocycles. The van der Waals surface area contributed by atoms with E-state index in [0.717, 1.165) is 15.2 Å². The van der Waals surface area contributed by atoms with Crippen molar-refractivity contribution in [2.24, 2.45) is 0 Å². The molecule has 0 aliphatic carbocycles. The molecule has 1 atom stereocenters. The number of ketones is 1. The van der Waals surface area contributed by atoms with E-state index in [2.05, 4.69) is 21.2 Å². The third kappa shape index (κ3) is 3.94. The number of benzene rings is 3. The van der Waals surface area contributed by atoms with Crippen LogP contribution in [0.15, 0.2) is 65.1 Å². The zero-order chi connectivity index (χ0) is 18.7. The van der Waals surface area contributed by atoms with Crippen molar-refractivity contribution in [1.29, 1.82) is 0 Å². The molecule has 0 saturated carbocycles. The van der Waals surface area contributed by atoms with Gasteiger partial charge in [0, 0.05) is 11.3 Å². The van der Waals surface area contributed by atoms with E-state index in [9.17, 15) is 9.59 Å². The first kappa shape index (κ1) is 18.1. The van der Waals surface area contributed by atoms with Crippen LogP contribution in [-0.4, -0.2) is 17.8 Å². The molecule has 3 aromatic rings. The molecular weight excluding hydrogens is 394 g/mol. The quantitative estimate of drug-likeness (QED) is 0.586. The summed E-state index contributed by atoms with van der Waals surface area (Å²) >= 11 is 3.56. The summed E-state index contributed by atoms with van der Waals surface area (Å²) in [5.41, 5.74) is 1.22. The van der Waals surface area contributed by atoms with E-state index in [1.807, 2.05) is 36.4 Å². The molecule has 0 saturated heterocycles. The van der Waals surface area contributed by atoms with Crippen LogP contribution in [0.4, 0.5) is 5.69 Å². The van der Waals surface area contributed by atoms with E-state index in [-0.39, 0.29) is 11.7 Å². The van der Waals surface area contributed by atoms with Crippen molar-refractivity contribution in [1.82, 2.24) is 0 Å². The second kappa shape index (κ2) is 7.70. The van der Waals surface area contributed by atoms with Crippen molar-refractivity contribution < 1.29 is 14.3 Å². The summed E-state index contributed by atoms with van der Waals surface area (Å²) in [7, 11) is 0. The van der Waals surface area contributed by atoms with E-state index in [1.165, 1.54) is 6.92 Å². The summed E-state index contributed by atoms with van der Waals surface area (Å²) in [5.74, 6) is 0.333. The summed E-state index contributed by atoms with van der Waals surface area (Å²) < 4.78 is 6.66. The van der Waals surface area contributed by atoms with E-state index in [0.29, 0.717) is 17.0 Å². The number of fused-ring (bicyclic) bond motifs is 1. The van der Waals surface area contributed by atoms with Crippen LogP contribution >= 0.6 is 15.9 Å². The van der Waals surface area contributed by atoms with Crippen LogP contribution in [0.2, 0.25) is 0 Å². The zero-order valence-corrected chi connectivity index (χ0v) is 16.0. The van der Waals surface area contributed by atoms with Crippen LogP contribution < -0.4 is 10.1 Å². The lowest BCUT2D eigenvalue weighted by Crippen LogP contribution is -2.30. The van der Waals surface area contributed by atoms with Crippen molar-refractivity contribution >= 4 is 44.1 Å². The van der Waals surface area contributed by atoms with Gasteiger partial charge in [0.1, 0.15) is 5.75 Å². The highest BCUT2D eigenvalue weighted by molar-refractivity contribution is 9.10. The number of carbonyl (C=O) groups is 2. The Morgan fingerprint density at radius 1 is 1.00 bits per heavy atom. The fourth-order valence-electron chi connectivity index (χ4n) is 2.58. The first-order valence-corrected chi connectivity index (χ1v) is 9.01. The van der Waals surface area contributed by atoms with Crippen LogP contribution in [-0.2, 0) is 4.79 Å². The maximum absolute atomic E-state index is 12.4. The third-order valence-electron chi connectivity index (χ3n) is 4.06. The first-order chi connectivity index (χ1) is 12.5. The molecule has 5 heteroatoms. The zero-order valence-electron chi connectivity index (χ0n) is 14.5. The summed E-state index contributed by atoms with van der Waals surface area (Å²) in [6.45, 7) is 3.20. The van der Waals surface area contributed by atoms with E-state index in [4.69, 9.17) is 4.74 Å². The number of anilines is 1. The highest BCUT2D eigenvalue weighted by atomic mass is 79.9. The number of nitrogens with one attached hydrogen (secondary N) is 1. The molecule has 4 nitrogen and oxygen atoms in total. The molecule has 0 fully saturated rings. The largest absolute Gasteiger partial charge is 0.480 e. The second-order valence-electron chi connectivity index (χ2n) is 5.98. The Morgan fingerprint density at radius 3 is 2.38 bits per heavy atom. The summed E-state index contributed by atoms with van der Waals surface area (Å²) in [4.78, 5) is 23.7. The molecule has 132 valence electrons. The Morgan fingerprint density at radius 2 is 1.69 bits per heavy atom. The predicted octanol–water partition coefficient (Wildman–Crippen LogP) is 5.21. The smallest absolute Gasteiger partial charge is 0.265 e. The van der Waals surface area contributed by atoms with Gasteiger partial charge in [0.2, 0.25) is 0 Å². The van der Waals surface area contributed by atoms with Gasteiger partial charge in [0.15, 0.2) is 11.9 Å². The number of ether oxygens (including phenoxy) is 1. The maximum atomic E-state index is 12.4.